The monoisotopic (exact) mass is 175 g/mol. The number of nitrogens with zero attached hydrogens (tertiary/aromatic N) is 1. The molecular weight excluding hydrogens is 158 g/mol. The number of hydrogen-bond acceptors (Lipinski definition) is 1. The van der Waals surface area contributed by atoms with Gasteiger partial charge in [0.05, 0.1) is 6.04 Å². The SMILES string of the molecule is CCN1C(C)=C(C)C2=CC=CCC21. The normalized spacial score (nSPS) is 26.5. The van der Waals surface area contributed by atoms with Crippen molar-refractivity contribution >= 4 is 0 Å². The summed E-state index contributed by atoms with van der Waals surface area (Å²) < 4.78 is 0. The van der Waals surface area contributed by atoms with Crippen molar-refractivity contribution in [3.63, 3.8) is 0 Å². The van der Waals surface area contributed by atoms with Gasteiger partial charge in [-0.1, -0.05) is 18.2 Å². The molecule has 2 rings (SSSR count). The Morgan fingerprint density at radius 2 is 2.23 bits per heavy atom. The van der Waals surface area contributed by atoms with Crippen LogP contribution in [-0.2, 0) is 0 Å². The van der Waals surface area contributed by atoms with E-state index in [1.165, 1.54) is 23.3 Å². The van der Waals surface area contributed by atoms with E-state index in [0.29, 0.717) is 6.04 Å². The van der Waals surface area contributed by atoms with E-state index in [2.05, 4.69) is 43.9 Å². The van der Waals surface area contributed by atoms with Gasteiger partial charge in [-0.05, 0) is 38.3 Å². The molecule has 2 aliphatic rings. The Balaban J connectivity index is 2.40. The Hall–Kier alpha value is -0.980. The van der Waals surface area contributed by atoms with E-state index < -0.39 is 0 Å². The molecule has 0 amide bonds. The van der Waals surface area contributed by atoms with Crippen molar-refractivity contribution < 1.29 is 0 Å². The Bertz CT molecular complexity index is 307. The second-order valence-electron chi connectivity index (χ2n) is 3.80. The molecule has 70 valence electrons. The topological polar surface area (TPSA) is 3.24 Å². The van der Waals surface area contributed by atoms with E-state index in [-0.39, 0.29) is 0 Å². The highest BCUT2D eigenvalue weighted by Crippen LogP contribution is 2.36. The fraction of sp³-hybridized carbons (Fsp3) is 0.500. The van der Waals surface area contributed by atoms with Crippen molar-refractivity contribution in [1.82, 2.24) is 4.90 Å². The number of fused-ring (bicyclic) bond motifs is 1. The summed E-state index contributed by atoms with van der Waals surface area (Å²) in [6, 6.07) is 0.634. The zero-order valence-corrected chi connectivity index (χ0v) is 8.67. The molecule has 0 radical (unpaired) electrons. The first-order valence-corrected chi connectivity index (χ1v) is 5.07. The fourth-order valence-corrected chi connectivity index (χ4v) is 2.40. The predicted octanol–water partition coefficient (Wildman–Crippen LogP) is 2.87. The third-order valence-corrected chi connectivity index (χ3v) is 3.25. The largest absolute Gasteiger partial charge is 0.368 e. The molecule has 1 heterocycles. The molecule has 1 aliphatic carbocycles. The lowest BCUT2D eigenvalue weighted by Gasteiger charge is -2.28. The minimum absolute atomic E-state index is 0.634. The molecule has 0 aromatic rings. The van der Waals surface area contributed by atoms with Crippen LogP contribution in [0.25, 0.3) is 0 Å². The number of likely N-dealkylation sites (N-methyl/N-ethyl adjacent to an activating group) is 1. The van der Waals surface area contributed by atoms with Gasteiger partial charge in [0.15, 0.2) is 0 Å². The van der Waals surface area contributed by atoms with Gasteiger partial charge in [-0.2, -0.15) is 0 Å². The van der Waals surface area contributed by atoms with Crippen LogP contribution in [0.15, 0.2) is 35.1 Å². The van der Waals surface area contributed by atoms with E-state index >= 15 is 0 Å². The lowest BCUT2D eigenvalue weighted by Crippen LogP contribution is -2.30. The summed E-state index contributed by atoms with van der Waals surface area (Å²) in [7, 11) is 0. The van der Waals surface area contributed by atoms with Gasteiger partial charge in [0.25, 0.3) is 0 Å². The maximum absolute atomic E-state index is 2.50. The number of rotatable bonds is 1. The molecule has 0 aromatic carbocycles. The summed E-state index contributed by atoms with van der Waals surface area (Å²) in [5, 5.41) is 0. The molecule has 1 nitrogen and oxygen atoms in total. The van der Waals surface area contributed by atoms with Crippen molar-refractivity contribution in [3.8, 4) is 0 Å². The van der Waals surface area contributed by atoms with Gasteiger partial charge >= 0.3 is 0 Å². The third-order valence-electron chi connectivity index (χ3n) is 3.25. The van der Waals surface area contributed by atoms with E-state index in [1.54, 1.807) is 0 Å². The minimum atomic E-state index is 0.634. The molecule has 0 saturated carbocycles. The summed E-state index contributed by atoms with van der Waals surface area (Å²) in [5.41, 5.74) is 4.47. The van der Waals surface area contributed by atoms with Gasteiger partial charge in [-0.3, -0.25) is 0 Å². The van der Waals surface area contributed by atoms with Crippen LogP contribution in [-0.4, -0.2) is 17.5 Å². The van der Waals surface area contributed by atoms with Crippen LogP contribution in [0.1, 0.15) is 27.2 Å². The van der Waals surface area contributed by atoms with Gasteiger partial charge in [0, 0.05) is 12.2 Å². The van der Waals surface area contributed by atoms with Crippen LogP contribution in [0.3, 0.4) is 0 Å². The highest BCUT2D eigenvalue weighted by molar-refractivity contribution is 5.46. The maximum Gasteiger partial charge on any atom is 0.0577 e. The first kappa shape index (κ1) is 8.61. The first-order chi connectivity index (χ1) is 6.25. The van der Waals surface area contributed by atoms with Gasteiger partial charge in [0.2, 0.25) is 0 Å². The maximum atomic E-state index is 2.50. The van der Waals surface area contributed by atoms with Crippen molar-refractivity contribution in [2.75, 3.05) is 6.54 Å². The van der Waals surface area contributed by atoms with E-state index in [9.17, 15) is 0 Å². The van der Waals surface area contributed by atoms with Gasteiger partial charge in [-0.25, -0.2) is 0 Å². The van der Waals surface area contributed by atoms with E-state index in [0.717, 1.165) is 6.54 Å². The molecule has 0 saturated heterocycles. The molecular formula is C12H17N. The van der Waals surface area contributed by atoms with Gasteiger partial charge in [-0.15, -0.1) is 0 Å². The summed E-state index contributed by atoms with van der Waals surface area (Å²) in [4.78, 5) is 2.50. The zero-order chi connectivity index (χ0) is 9.42. The fourth-order valence-electron chi connectivity index (χ4n) is 2.40. The molecule has 0 N–H and O–H groups in total. The second kappa shape index (κ2) is 3.06. The summed E-state index contributed by atoms with van der Waals surface area (Å²) in [6.07, 6.45) is 7.89. The molecule has 0 aromatic heterocycles. The van der Waals surface area contributed by atoms with Crippen molar-refractivity contribution in [1.29, 1.82) is 0 Å². The average Bonchev–Trinajstić information content (AvgIpc) is 2.41. The molecule has 1 aliphatic heterocycles. The van der Waals surface area contributed by atoms with Crippen molar-refractivity contribution in [2.45, 2.75) is 33.2 Å². The first-order valence-electron chi connectivity index (χ1n) is 5.07. The van der Waals surface area contributed by atoms with Crippen LogP contribution < -0.4 is 0 Å². The summed E-state index contributed by atoms with van der Waals surface area (Å²) >= 11 is 0. The smallest absolute Gasteiger partial charge is 0.0577 e. The van der Waals surface area contributed by atoms with Crippen molar-refractivity contribution in [2.24, 2.45) is 0 Å². The average molecular weight is 175 g/mol. The van der Waals surface area contributed by atoms with Crippen LogP contribution in [0.5, 0.6) is 0 Å². The Labute approximate surface area is 80.4 Å². The van der Waals surface area contributed by atoms with Crippen LogP contribution in [0.4, 0.5) is 0 Å². The standard InChI is InChI=1S/C12H17N/c1-4-13-10(3)9(2)11-7-5-6-8-12(11)13/h5-7,12H,4,8H2,1-3H3. The van der Waals surface area contributed by atoms with Gasteiger partial charge < -0.3 is 4.90 Å². The Morgan fingerprint density at radius 1 is 1.46 bits per heavy atom. The molecule has 13 heavy (non-hydrogen) atoms. The van der Waals surface area contributed by atoms with Crippen molar-refractivity contribution in [3.05, 3.63) is 35.1 Å². The second-order valence-corrected chi connectivity index (χ2v) is 3.80. The predicted molar refractivity (Wildman–Crippen MR) is 56.4 cm³/mol. The van der Waals surface area contributed by atoms with Crippen LogP contribution in [0, 0.1) is 0 Å². The molecule has 0 spiro atoms. The summed E-state index contributed by atoms with van der Waals surface area (Å²) in [5.74, 6) is 0. The Morgan fingerprint density at radius 3 is 2.92 bits per heavy atom. The molecule has 0 bridgehead atoms. The lowest BCUT2D eigenvalue weighted by atomic mass is 9.96. The highest BCUT2D eigenvalue weighted by Gasteiger charge is 2.30. The molecule has 1 atom stereocenters. The molecule has 1 heteroatoms. The van der Waals surface area contributed by atoms with E-state index in [1.807, 2.05) is 0 Å². The van der Waals surface area contributed by atoms with Gasteiger partial charge in [0.1, 0.15) is 0 Å². The molecule has 1 unspecified atom stereocenters. The summed E-state index contributed by atoms with van der Waals surface area (Å²) in [6.45, 7) is 7.83. The number of allylic oxidation sites excluding steroid dienone is 3. The lowest BCUT2D eigenvalue weighted by molar-refractivity contribution is 0.318. The van der Waals surface area contributed by atoms with E-state index in [4.69, 9.17) is 0 Å². The quantitative estimate of drug-likeness (QED) is 0.592. The van der Waals surface area contributed by atoms with Crippen LogP contribution in [0.2, 0.25) is 0 Å². The van der Waals surface area contributed by atoms with Crippen LogP contribution >= 0.6 is 0 Å². The highest BCUT2D eigenvalue weighted by atomic mass is 15.2. The minimum Gasteiger partial charge on any atom is -0.368 e. The number of hydrogen-bond donors (Lipinski definition) is 0. The molecule has 0 fully saturated rings. The zero-order valence-electron chi connectivity index (χ0n) is 8.67. The Kier molecular flexibility index (Phi) is 2.03. The third kappa shape index (κ3) is 1.14.